The van der Waals surface area contributed by atoms with E-state index in [2.05, 4.69) is 0 Å². The van der Waals surface area contributed by atoms with Crippen molar-refractivity contribution in [3.63, 3.8) is 0 Å². The van der Waals surface area contributed by atoms with Gasteiger partial charge >= 0.3 is 6.18 Å². The highest BCUT2D eigenvalue weighted by Gasteiger charge is 2.34. The Morgan fingerprint density at radius 2 is 1.79 bits per heavy atom. The fourth-order valence-electron chi connectivity index (χ4n) is 1.76. The molecule has 0 heterocycles. The van der Waals surface area contributed by atoms with E-state index in [-0.39, 0.29) is 5.56 Å². The second-order valence-corrected chi connectivity index (χ2v) is 3.91. The van der Waals surface area contributed by atoms with Gasteiger partial charge in [-0.25, -0.2) is 0 Å². The molecule has 0 bridgehead atoms. The number of halogens is 3. The zero-order chi connectivity index (χ0) is 14.9. The molecule has 106 valence electrons. The molecular formula is C15H20F3N. The molecule has 0 spiro atoms. The van der Waals surface area contributed by atoms with E-state index in [1.54, 1.807) is 6.07 Å². The van der Waals surface area contributed by atoms with Gasteiger partial charge in [0.05, 0.1) is 17.6 Å². The summed E-state index contributed by atoms with van der Waals surface area (Å²) in [4.78, 5) is 0. The Bertz CT molecular complexity index is 405. The van der Waals surface area contributed by atoms with Gasteiger partial charge in [-0.15, -0.1) is 0 Å². The van der Waals surface area contributed by atoms with Gasteiger partial charge in [0.25, 0.3) is 0 Å². The highest BCUT2D eigenvalue weighted by molar-refractivity contribution is 5.35. The standard InChI is InChI=1S/C13H14F3N.C2H6/c1-2-3-6-10(9-17)11-7-4-5-8-12(11)13(14,15)16;1-2/h4-5,7-8,10H,2-3,6H2,1H3;1-2H3. The molecule has 1 nitrogen and oxygen atoms in total. The van der Waals surface area contributed by atoms with Gasteiger partial charge in [0.1, 0.15) is 0 Å². The van der Waals surface area contributed by atoms with E-state index in [4.69, 9.17) is 5.26 Å². The highest BCUT2D eigenvalue weighted by Crippen LogP contribution is 2.36. The Hall–Kier alpha value is -1.50. The third-order valence-corrected chi connectivity index (χ3v) is 2.64. The largest absolute Gasteiger partial charge is 0.416 e. The molecule has 0 radical (unpaired) electrons. The zero-order valence-electron chi connectivity index (χ0n) is 11.6. The predicted molar refractivity (Wildman–Crippen MR) is 70.7 cm³/mol. The van der Waals surface area contributed by atoms with E-state index in [0.29, 0.717) is 6.42 Å². The maximum Gasteiger partial charge on any atom is 0.416 e. The van der Waals surface area contributed by atoms with Gasteiger partial charge in [-0.2, -0.15) is 18.4 Å². The molecule has 1 aromatic carbocycles. The van der Waals surface area contributed by atoms with E-state index in [0.717, 1.165) is 18.9 Å². The quantitative estimate of drug-likeness (QED) is 0.706. The lowest BCUT2D eigenvalue weighted by Gasteiger charge is -2.16. The van der Waals surface area contributed by atoms with E-state index in [1.165, 1.54) is 12.1 Å². The van der Waals surface area contributed by atoms with Crippen LogP contribution in [0.25, 0.3) is 0 Å². The molecule has 1 atom stereocenters. The van der Waals surface area contributed by atoms with Crippen LogP contribution in [0.2, 0.25) is 0 Å². The van der Waals surface area contributed by atoms with Gasteiger partial charge in [0.15, 0.2) is 0 Å². The van der Waals surface area contributed by atoms with Crippen LogP contribution in [0.1, 0.15) is 57.1 Å². The van der Waals surface area contributed by atoms with Crippen LogP contribution in [0.3, 0.4) is 0 Å². The number of hydrogen-bond acceptors (Lipinski definition) is 1. The van der Waals surface area contributed by atoms with Crippen molar-refractivity contribution >= 4 is 0 Å². The Kier molecular flexibility index (Phi) is 7.90. The number of hydrogen-bond donors (Lipinski definition) is 0. The maximum atomic E-state index is 12.8. The summed E-state index contributed by atoms with van der Waals surface area (Å²) in [5.41, 5.74) is -0.599. The van der Waals surface area contributed by atoms with Crippen molar-refractivity contribution in [2.45, 2.75) is 52.1 Å². The van der Waals surface area contributed by atoms with Crippen LogP contribution in [0.15, 0.2) is 24.3 Å². The summed E-state index contributed by atoms with van der Waals surface area (Å²) < 4.78 is 38.3. The van der Waals surface area contributed by atoms with Crippen LogP contribution in [-0.2, 0) is 6.18 Å². The molecule has 19 heavy (non-hydrogen) atoms. The second-order valence-electron chi connectivity index (χ2n) is 3.91. The van der Waals surface area contributed by atoms with Crippen LogP contribution < -0.4 is 0 Å². The van der Waals surface area contributed by atoms with Gasteiger partial charge in [0.2, 0.25) is 0 Å². The van der Waals surface area contributed by atoms with Crippen LogP contribution in [0, 0.1) is 11.3 Å². The smallest absolute Gasteiger partial charge is 0.198 e. The summed E-state index contributed by atoms with van der Waals surface area (Å²) >= 11 is 0. The first kappa shape index (κ1) is 17.5. The fraction of sp³-hybridized carbons (Fsp3) is 0.533. The van der Waals surface area contributed by atoms with Gasteiger partial charge in [-0.05, 0) is 18.1 Å². The van der Waals surface area contributed by atoms with E-state index < -0.39 is 17.7 Å². The zero-order valence-corrected chi connectivity index (χ0v) is 11.6. The fourth-order valence-corrected chi connectivity index (χ4v) is 1.76. The topological polar surface area (TPSA) is 23.8 Å². The third kappa shape index (κ3) is 5.34. The monoisotopic (exact) mass is 271 g/mol. The first-order valence-electron chi connectivity index (χ1n) is 6.56. The molecule has 0 saturated heterocycles. The molecule has 0 amide bonds. The maximum absolute atomic E-state index is 12.8. The van der Waals surface area contributed by atoms with Crippen LogP contribution in [0.5, 0.6) is 0 Å². The number of rotatable bonds is 4. The van der Waals surface area contributed by atoms with Crippen molar-refractivity contribution in [1.29, 1.82) is 5.26 Å². The molecule has 0 aliphatic rings. The van der Waals surface area contributed by atoms with Crippen molar-refractivity contribution in [3.8, 4) is 6.07 Å². The summed E-state index contributed by atoms with van der Waals surface area (Å²) in [7, 11) is 0. The number of alkyl halides is 3. The molecule has 0 fully saturated rings. The van der Waals surface area contributed by atoms with Crippen LogP contribution in [0.4, 0.5) is 13.2 Å². The summed E-state index contributed by atoms with van der Waals surface area (Å²) in [5, 5.41) is 8.98. The molecule has 1 unspecified atom stereocenters. The summed E-state index contributed by atoms with van der Waals surface area (Å²) in [5.74, 6) is -0.673. The number of unbranched alkanes of at least 4 members (excludes halogenated alkanes) is 1. The lowest BCUT2D eigenvalue weighted by atomic mass is 9.91. The van der Waals surface area contributed by atoms with Crippen molar-refractivity contribution in [2.75, 3.05) is 0 Å². The summed E-state index contributed by atoms with van der Waals surface area (Å²) in [6.45, 7) is 5.95. The third-order valence-electron chi connectivity index (χ3n) is 2.64. The Morgan fingerprint density at radius 1 is 1.21 bits per heavy atom. The molecule has 0 aliphatic heterocycles. The van der Waals surface area contributed by atoms with Gasteiger partial charge in [-0.3, -0.25) is 0 Å². The SMILES string of the molecule is CC.CCCCC(C#N)c1ccccc1C(F)(F)F. The van der Waals surface area contributed by atoms with E-state index in [1.807, 2.05) is 26.8 Å². The molecule has 1 aromatic rings. The molecule has 0 aromatic heterocycles. The number of nitrogens with zero attached hydrogens (tertiary/aromatic N) is 1. The van der Waals surface area contributed by atoms with Gasteiger partial charge < -0.3 is 0 Å². The minimum atomic E-state index is -4.39. The van der Waals surface area contributed by atoms with Crippen molar-refractivity contribution < 1.29 is 13.2 Å². The Morgan fingerprint density at radius 3 is 2.26 bits per heavy atom. The molecule has 0 aliphatic carbocycles. The van der Waals surface area contributed by atoms with Gasteiger partial charge in [0, 0.05) is 0 Å². The first-order valence-corrected chi connectivity index (χ1v) is 6.56. The van der Waals surface area contributed by atoms with Crippen molar-refractivity contribution in [1.82, 2.24) is 0 Å². The summed E-state index contributed by atoms with van der Waals surface area (Å²) in [6.07, 6.45) is -2.30. The van der Waals surface area contributed by atoms with Gasteiger partial charge in [-0.1, -0.05) is 51.8 Å². The second kappa shape index (κ2) is 8.58. The minimum absolute atomic E-state index is 0.0935. The number of benzene rings is 1. The lowest BCUT2D eigenvalue weighted by Crippen LogP contribution is -2.11. The Balaban J connectivity index is 0.00000154. The van der Waals surface area contributed by atoms with Crippen molar-refractivity contribution in [2.24, 2.45) is 0 Å². The van der Waals surface area contributed by atoms with Crippen LogP contribution >= 0.6 is 0 Å². The summed E-state index contributed by atoms with van der Waals surface area (Å²) in [6, 6.07) is 7.28. The molecule has 0 N–H and O–H groups in total. The van der Waals surface area contributed by atoms with Crippen LogP contribution in [-0.4, -0.2) is 0 Å². The highest BCUT2D eigenvalue weighted by atomic mass is 19.4. The van der Waals surface area contributed by atoms with E-state index >= 15 is 0 Å². The van der Waals surface area contributed by atoms with Crippen molar-refractivity contribution in [3.05, 3.63) is 35.4 Å². The molecule has 1 rings (SSSR count). The average molecular weight is 271 g/mol. The number of nitriles is 1. The Labute approximate surface area is 113 Å². The molecular weight excluding hydrogens is 251 g/mol. The van der Waals surface area contributed by atoms with E-state index in [9.17, 15) is 13.2 Å². The molecule has 0 saturated carbocycles. The normalized spacial score (nSPS) is 12.1. The average Bonchev–Trinajstić information content (AvgIpc) is 2.41. The lowest BCUT2D eigenvalue weighted by molar-refractivity contribution is -0.138. The minimum Gasteiger partial charge on any atom is -0.198 e. The first-order chi connectivity index (χ1) is 9.00. The predicted octanol–water partition coefficient (Wildman–Crippen LogP) is 5.53. The molecule has 4 heteroatoms.